The van der Waals surface area contributed by atoms with Crippen LogP contribution in [0.15, 0.2) is 12.1 Å². The maximum atomic E-state index is 12.2. The van der Waals surface area contributed by atoms with Crippen molar-refractivity contribution in [1.29, 1.82) is 0 Å². The Balaban J connectivity index is 2.55. The Kier molecular flexibility index (Phi) is 2.58. The van der Waals surface area contributed by atoms with E-state index in [1.165, 1.54) is 0 Å². The largest absolute Gasteiger partial charge is 0.362 e. The number of halogens is 1. The molecular formula is C12H16ClN3O. The quantitative estimate of drug-likeness (QED) is 0.699. The van der Waals surface area contributed by atoms with Crippen molar-refractivity contribution in [1.82, 2.24) is 4.98 Å². The monoisotopic (exact) mass is 253 g/mol. The highest BCUT2D eigenvalue weighted by Gasteiger charge is 2.45. The number of hydrogen-bond acceptors (Lipinski definition) is 3. The summed E-state index contributed by atoms with van der Waals surface area (Å²) in [5.41, 5.74) is -0.307. The van der Waals surface area contributed by atoms with Gasteiger partial charge in [-0.1, -0.05) is 11.6 Å². The second-order valence-corrected chi connectivity index (χ2v) is 5.75. The van der Waals surface area contributed by atoms with Crippen molar-refractivity contribution in [3.05, 3.63) is 17.3 Å². The molecule has 92 valence electrons. The Morgan fingerprint density at radius 3 is 2.53 bits per heavy atom. The van der Waals surface area contributed by atoms with Gasteiger partial charge in [-0.25, -0.2) is 4.98 Å². The van der Waals surface area contributed by atoms with E-state index in [1.807, 2.05) is 27.7 Å². The van der Waals surface area contributed by atoms with E-state index in [0.29, 0.717) is 16.7 Å². The van der Waals surface area contributed by atoms with Crippen LogP contribution in [0.2, 0.25) is 5.15 Å². The molecule has 0 aromatic carbocycles. The van der Waals surface area contributed by atoms with E-state index in [2.05, 4.69) is 15.6 Å². The molecule has 0 aliphatic carbocycles. The van der Waals surface area contributed by atoms with Crippen LogP contribution in [0.25, 0.3) is 0 Å². The molecule has 0 atom stereocenters. The Labute approximate surface area is 106 Å². The number of aromatic nitrogens is 1. The molecule has 0 fully saturated rings. The van der Waals surface area contributed by atoms with E-state index in [4.69, 9.17) is 11.6 Å². The van der Waals surface area contributed by atoms with Crippen LogP contribution in [0.5, 0.6) is 0 Å². The van der Waals surface area contributed by atoms with Gasteiger partial charge >= 0.3 is 0 Å². The van der Waals surface area contributed by atoms with Crippen LogP contribution in [0.3, 0.4) is 0 Å². The van der Waals surface area contributed by atoms with Crippen LogP contribution in [0.1, 0.15) is 27.7 Å². The van der Waals surface area contributed by atoms with Gasteiger partial charge in [0.1, 0.15) is 5.15 Å². The number of nitrogens with one attached hydrogen (secondary N) is 2. The lowest BCUT2D eigenvalue weighted by atomic mass is 9.74. The van der Waals surface area contributed by atoms with Crippen molar-refractivity contribution in [2.24, 2.45) is 5.41 Å². The van der Waals surface area contributed by atoms with Crippen molar-refractivity contribution in [3.63, 3.8) is 0 Å². The van der Waals surface area contributed by atoms with Gasteiger partial charge in [-0.05, 0) is 39.8 Å². The first-order valence-corrected chi connectivity index (χ1v) is 5.88. The van der Waals surface area contributed by atoms with E-state index in [1.54, 1.807) is 12.1 Å². The molecule has 0 spiro atoms. The van der Waals surface area contributed by atoms with Gasteiger partial charge in [-0.15, -0.1) is 0 Å². The minimum absolute atomic E-state index is 0.0297. The summed E-state index contributed by atoms with van der Waals surface area (Å²) in [5.74, 6) is 0.583. The summed E-state index contributed by atoms with van der Waals surface area (Å²) in [6, 6.07) is 3.42. The van der Waals surface area contributed by atoms with Crippen molar-refractivity contribution in [2.75, 3.05) is 10.6 Å². The van der Waals surface area contributed by atoms with Crippen LogP contribution < -0.4 is 10.6 Å². The van der Waals surface area contributed by atoms with Gasteiger partial charge in [-0.3, -0.25) is 4.79 Å². The van der Waals surface area contributed by atoms with E-state index < -0.39 is 11.0 Å². The average Bonchev–Trinajstić information content (AvgIpc) is 2.25. The van der Waals surface area contributed by atoms with Crippen molar-refractivity contribution >= 4 is 29.0 Å². The second-order valence-electron chi connectivity index (χ2n) is 5.36. The van der Waals surface area contributed by atoms with Crippen molar-refractivity contribution < 1.29 is 4.79 Å². The van der Waals surface area contributed by atoms with Crippen molar-refractivity contribution in [3.8, 4) is 0 Å². The molecule has 4 nitrogen and oxygen atoms in total. The smallest absolute Gasteiger partial charge is 0.232 e. The standard InChI is InChI=1S/C12H16ClN3O/c1-11(2)10(17)14-7-5-6-8(13)15-9(7)16-12(11,3)4/h5-6H,1-4H3,(H,14,17)(H,15,16). The van der Waals surface area contributed by atoms with Crippen LogP contribution >= 0.6 is 11.6 Å². The predicted octanol–water partition coefficient (Wildman–Crippen LogP) is 2.90. The molecule has 1 amide bonds. The fraction of sp³-hybridized carbons (Fsp3) is 0.500. The van der Waals surface area contributed by atoms with Crippen LogP contribution in [-0.2, 0) is 4.79 Å². The minimum atomic E-state index is -0.555. The molecule has 0 radical (unpaired) electrons. The van der Waals surface area contributed by atoms with E-state index in [9.17, 15) is 4.79 Å². The van der Waals surface area contributed by atoms with Gasteiger partial charge in [0, 0.05) is 5.54 Å². The van der Waals surface area contributed by atoms with Gasteiger partial charge < -0.3 is 10.6 Å². The Hall–Kier alpha value is -1.29. The zero-order valence-corrected chi connectivity index (χ0v) is 11.1. The number of amides is 1. The highest BCUT2D eigenvalue weighted by molar-refractivity contribution is 6.29. The highest BCUT2D eigenvalue weighted by Crippen LogP contribution is 2.39. The minimum Gasteiger partial charge on any atom is -0.362 e. The first-order chi connectivity index (χ1) is 7.74. The third kappa shape index (κ3) is 1.86. The summed E-state index contributed by atoms with van der Waals surface area (Å²) in [7, 11) is 0. The zero-order chi connectivity index (χ0) is 12.8. The van der Waals surface area contributed by atoms with Crippen LogP contribution in [0.4, 0.5) is 11.5 Å². The van der Waals surface area contributed by atoms with Crippen molar-refractivity contribution in [2.45, 2.75) is 33.2 Å². The predicted molar refractivity (Wildman–Crippen MR) is 69.4 cm³/mol. The highest BCUT2D eigenvalue weighted by atomic mass is 35.5. The number of pyridine rings is 1. The fourth-order valence-corrected chi connectivity index (χ4v) is 1.79. The summed E-state index contributed by atoms with van der Waals surface area (Å²) < 4.78 is 0. The third-order valence-electron chi connectivity index (χ3n) is 3.67. The number of hydrogen-bond donors (Lipinski definition) is 2. The number of rotatable bonds is 0. The molecule has 1 aromatic heterocycles. The van der Waals surface area contributed by atoms with E-state index in [-0.39, 0.29) is 5.91 Å². The maximum Gasteiger partial charge on any atom is 0.232 e. The number of nitrogens with zero attached hydrogens (tertiary/aromatic N) is 1. The summed E-state index contributed by atoms with van der Waals surface area (Å²) in [5, 5.41) is 6.56. The Morgan fingerprint density at radius 1 is 1.24 bits per heavy atom. The van der Waals surface area contributed by atoms with Gasteiger partial charge in [0.25, 0.3) is 0 Å². The Morgan fingerprint density at radius 2 is 1.88 bits per heavy atom. The molecule has 2 N–H and O–H groups in total. The summed E-state index contributed by atoms with van der Waals surface area (Å²) in [6.45, 7) is 7.76. The number of fused-ring (bicyclic) bond motifs is 1. The second kappa shape index (κ2) is 3.60. The lowest BCUT2D eigenvalue weighted by Gasteiger charge is -2.38. The average molecular weight is 254 g/mol. The molecule has 0 saturated heterocycles. The summed E-state index contributed by atoms with van der Waals surface area (Å²) in [6.07, 6.45) is 0. The third-order valence-corrected chi connectivity index (χ3v) is 3.88. The van der Waals surface area contributed by atoms with Gasteiger partial charge in [-0.2, -0.15) is 0 Å². The number of anilines is 2. The lowest BCUT2D eigenvalue weighted by molar-refractivity contribution is -0.126. The maximum absolute atomic E-state index is 12.2. The first-order valence-electron chi connectivity index (χ1n) is 5.50. The van der Waals surface area contributed by atoms with Crippen LogP contribution in [-0.4, -0.2) is 16.4 Å². The lowest BCUT2D eigenvalue weighted by Crippen LogP contribution is -2.51. The molecule has 1 aliphatic rings. The molecule has 17 heavy (non-hydrogen) atoms. The molecule has 0 saturated carbocycles. The normalized spacial score (nSPS) is 20.9. The zero-order valence-electron chi connectivity index (χ0n) is 10.4. The SMILES string of the molecule is CC1(C)Nc2nc(Cl)ccc2NC(=O)C1(C)C. The van der Waals surface area contributed by atoms with Gasteiger partial charge in [0.2, 0.25) is 5.91 Å². The number of carbonyl (C=O) groups is 1. The van der Waals surface area contributed by atoms with E-state index >= 15 is 0 Å². The van der Waals surface area contributed by atoms with Gasteiger partial charge in [0.15, 0.2) is 5.82 Å². The molecule has 2 heterocycles. The van der Waals surface area contributed by atoms with Crippen LogP contribution in [0, 0.1) is 5.41 Å². The number of carbonyl (C=O) groups excluding carboxylic acids is 1. The molecule has 1 aliphatic heterocycles. The summed E-state index contributed by atoms with van der Waals surface area (Å²) >= 11 is 5.87. The molecular weight excluding hydrogens is 238 g/mol. The van der Waals surface area contributed by atoms with Gasteiger partial charge in [0.05, 0.1) is 11.1 Å². The Bertz CT molecular complexity index is 483. The molecule has 5 heteroatoms. The first kappa shape index (κ1) is 12.2. The molecule has 2 rings (SSSR count). The molecule has 0 unspecified atom stereocenters. The molecule has 1 aromatic rings. The fourth-order valence-electron chi connectivity index (χ4n) is 1.65. The summed E-state index contributed by atoms with van der Waals surface area (Å²) in [4.78, 5) is 16.4. The van der Waals surface area contributed by atoms with E-state index in [0.717, 1.165) is 0 Å². The topological polar surface area (TPSA) is 54.0 Å². The molecule has 0 bridgehead atoms.